The van der Waals surface area contributed by atoms with Crippen LogP contribution >= 0.6 is 0 Å². The van der Waals surface area contributed by atoms with Crippen molar-refractivity contribution < 1.29 is 38.1 Å². The van der Waals surface area contributed by atoms with Crippen molar-refractivity contribution in [1.29, 1.82) is 0 Å². The lowest BCUT2D eigenvalue weighted by Gasteiger charge is -2.20. The molecule has 0 aliphatic carbocycles. The molecule has 0 saturated carbocycles. The van der Waals surface area contributed by atoms with Crippen molar-refractivity contribution in [2.75, 3.05) is 32.1 Å². The molecule has 0 amide bonds. The molecule has 30 heavy (non-hydrogen) atoms. The smallest absolute Gasteiger partial charge is 0.337 e. The number of benzene rings is 2. The highest BCUT2D eigenvalue weighted by molar-refractivity contribution is 6.05. The van der Waals surface area contributed by atoms with E-state index in [1.807, 2.05) is 18.2 Å². The van der Waals surface area contributed by atoms with E-state index in [2.05, 4.69) is 80.6 Å². The van der Waals surface area contributed by atoms with Gasteiger partial charge in [-0.05, 0) is 63.6 Å². The summed E-state index contributed by atoms with van der Waals surface area (Å²) in [6.07, 6.45) is 4.34. The minimum atomic E-state index is -0.302. The van der Waals surface area contributed by atoms with E-state index in [1.54, 1.807) is 0 Å². The predicted molar refractivity (Wildman–Crippen MR) is 121 cm³/mol. The summed E-state index contributed by atoms with van der Waals surface area (Å²) in [5.41, 5.74) is 6.27. The van der Waals surface area contributed by atoms with Gasteiger partial charge in [-0.1, -0.05) is 12.1 Å². The Bertz CT molecular complexity index is 971. The van der Waals surface area contributed by atoms with Crippen LogP contribution in [-0.4, -0.2) is 43.5 Å². The molecule has 0 saturated heterocycles. The lowest BCUT2D eigenvalue weighted by Crippen LogP contribution is -3.00. The average Bonchev–Trinajstić information content (AvgIpc) is 2.92. The van der Waals surface area contributed by atoms with Crippen LogP contribution < -0.4 is 28.9 Å². The summed E-state index contributed by atoms with van der Waals surface area (Å²) in [5.74, 6) is -0.302. The van der Waals surface area contributed by atoms with Gasteiger partial charge in [0, 0.05) is 36.5 Å². The molecule has 1 aliphatic heterocycles. The first kappa shape index (κ1) is 24.1. The highest BCUT2D eigenvalue weighted by atomic mass is 127. The van der Waals surface area contributed by atoms with E-state index in [-0.39, 0.29) is 35.4 Å². The molecule has 0 unspecified atom stereocenters. The molecule has 2 aromatic carbocycles. The zero-order chi connectivity index (χ0) is 21.2. The van der Waals surface area contributed by atoms with Crippen LogP contribution in [-0.2, 0) is 10.2 Å². The minimum Gasteiger partial charge on any atom is -1.00 e. The quantitative estimate of drug-likeness (QED) is 0.334. The van der Waals surface area contributed by atoms with Crippen LogP contribution in [0.15, 0.2) is 48.5 Å². The Balaban J connectivity index is 0.00000320. The van der Waals surface area contributed by atoms with Crippen molar-refractivity contribution in [2.24, 2.45) is 0 Å². The third-order valence-electron chi connectivity index (χ3n) is 5.91. The summed E-state index contributed by atoms with van der Waals surface area (Å²) in [5, 5.41) is 0. The maximum atomic E-state index is 12.0. The topological polar surface area (TPSA) is 32.5 Å². The fourth-order valence-electron chi connectivity index (χ4n) is 4.14. The van der Waals surface area contributed by atoms with Crippen LogP contribution in [0.1, 0.15) is 49.2 Å². The highest BCUT2D eigenvalue weighted by Crippen LogP contribution is 2.40. The first-order chi connectivity index (χ1) is 13.8. The van der Waals surface area contributed by atoms with Crippen molar-refractivity contribution in [3.8, 4) is 0 Å². The molecule has 4 nitrogen and oxygen atoms in total. The maximum Gasteiger partial charge on any atom is 0.337 e. The number of allylic oxidation sites excluding steroid dienone is 1. The van der Waals surface area contributed by atoms with Gasteiger partial charge in [-0.2, -0.15) is 4.58 Å². The van der Waals surface area contributed by atoms with Crippen LogP contribution in [0.3, 0.4) is 0 Å². The standard InChI is InChI=1S/C25H31N2O2.HI/c1-7-27(8-2)20-13-9-18(10-14-20)11-16-23-25(3,4)21-17-19(24(28)29-6)12-15-22(21)26(23)5;/h9-17H,7-8H2,1-6H3;1H/q+1;/p-1. The normalized spacial score (nSPS) is 14.5. The number of fused-ring (bicyclic) bond motifs is 1. The number of halogens is 1. The monoisotopic (exact) mass is 518 g/mol. The van der Waals surface area contributed by atoms with Gasteiger partial charge in [0.2, 0.25) is 5.69 Å². The lowest BCUT2D eigenvalue weighted by molar-refractivity contribution is -0.401. The maximum absolute atomic E-state index is 12.0. The lowest BCUT2D eigenvalue weighted by atomic mass is 9.80. The molecule has 0 aromatic heterocycles. The molecule has 0 bridgehead atoms. The summed E-state index contributed by atoms with van der Waals surface area (Å²) >= 11 is 0. The van der Waals surface area contributed by atoms with Crippen LogP contribution in [0, 0.1) is 0 Å². The fraction of sp³-hybridized carbons (Fsp3) is 0.360. The SMILES string of the molecule is CCN(CC)c1ccc(/C=C/C2=[N+](C)c3ccc(C(=O)OC)cc3C2(C)C)cc1.[I-]. The van der Waals surface area contributed by atoms with Crippen molar-refractivity contribution in [3.63, 3.8) is 0 Å². The van der Waals surface area contributed by atoms with Crippen LogP contribution in [0.2, 0.25) is 0 Å². The van der Waals surface area contributed by atoms with E-state index >= 15 is 0 Å². The summed E-state index contributed by atoms with van der Waals surface area (Å²) in [6, 6.07) is 14.5. The largest absolute Gasteiger partial charge is 1.00 e. The van der Waals surface area contributed by atoms with Gasteiger partial charge in [-0.15, -0.1) is 0 Å². The molecular formula is C25H31IN2O2. The molecular weight excluding hydrogens is 487 g/mol. The number of esters is 1. The first-order valence-corrected chi connectivity index (χ1v) is 10.2. The Labute approximate surface area is 197 Å². The van der Waals surface area contributed by atoms with Gasteiger partial charge in [-0.3, -0.25) is 0 Å². The molecule has 160 valence electrons. The van der Waals surface area contributed by atoms with Crippen LogP contribution in [0.25, 0.3) is 6.08 Å². The number of hydrogen-bond donors (Lipinski definition) is 0. The number of methoxy groups -OCH3 is 1. The van der Waals surface area contributed by atoms with Crippen molar-refractivity contribution in [1.82, 2.24) is 0 Å². The zero-order valence-electron chi connectivity index (χ0n) is 18.7. The van der Waals surface area contributed by atoms with Gasteiger partial charge in [0.25, 0.3) is 0 Å². The van der Waals surface area contributed by atoms with E-state index in [0.717, 1.165) is 24.3 Å². The number of ether oxygens (including phenoxy) is 1. The Morgan fingerprint density at radius 3 is 2.27 bits per heavy atom. The Kier molecular flexibility index (Phi) is 7.86. The molecule has 0 spiro atoms. The zero-order valence-corrected chi connectivity index (χ0v) is 20.9. The molecule has 2 aromatic rings. The molecule has 0 N–H and O–H groups in total. The number of carbonyl (C=O) groups excluding carboxylic acids is 1. The molecule has 3 rings (SSSR count). The van der Waals surface area contributed by atoms with Crippen molar-refractivity contribution in [3.05, 3.63) is 65.2 Å². The third kappa shape index (κ3) is 4.46. The second-order valence-corrected chi connectivity index (χ2v) is 7.89. The van der Waals surface area contributed by atoms with Crippen molar-refractivity contribution >= 4 is 29.1 Å². The Morgan fingerprint density at radius 2 is 1.70 bits per heavy atom. The van der Waals surface area contributed by atoms with Crippen LogP contribution in [0.5, 0.6) is 0 Å². The predicted octanol–water partition coefficient (Wildman–Crippen LogP) is 2.04. The first-order valence-electron chi connectivity index (χ1n) is 10.2. The van der Waals surface area contributed by atoms with Gasteiger partial charge in [0.15, 0.2) is 5.71 Å². The number of anilines is 1. The number of rotatable bonds is 6. The Morgan fingerprint density at radius 1 is 1.07 bits per heavy atom. The molecule has 1 heterocycles. The minimum absolute atomic E-state index is 0. The van der Waals surface area contributed by atoms with Gasteiger partial charge < -0.3 is 33.6 Å². The molecule has 1 aliphatic rings. The van der Waals surface area contributed by atoms with Gasteiger partial charge >= 0.3 is 5.97 Å². The molecule has 0 atom stereocenters. The van der Waals surface area contributed by atoms with E-state index in [1.165, 1.54) is 24.1 Å². The third-order valence-corrected chi connectivity index (χ3v) is 5.91. The van der Waals surface area contributed by atoms with Gasteiger partial charge in [0.1, 0.15) is 7.05 Å². The second-order valence-electron chi connectivity index (χ2n) is 7.89. The van der Waals surface area contributed by atoms with E-state index in [9.17, 15) is 4.79 Å². The number of carbonyl (C=O) groups is 1. The highest BCUT2D eigenvalue weighted by Gasteiger charge is 2.43. The summed E-state index contributed by atoms with van der Waals surface area (Å²) in [6.45, 7) is 10.8. The van der Waals surface area contributed by atoms with Crippen molar-refractivity contribution in [2.45, 2.75) is 33.1 Å². The van der Waals surface area contributed by atoms with E-state index in [0.29, 0.717) is 5.56 Å². The molecule has 0 radical (unpaired) electrons. The van der Waals surface area contributed by atoms with E-state index in [4.69, 9.17) is 4.74 Å². The fourth-order valence-corrected chi connectivity index (χ4v) is 4.14. The Hall–Kier alpha value is -2.15. The summed E-state index contributed by atoms with van der Waals surface area (Å²) in [7, 11) is 3.49. The molecule has 5 heteroatoms. The van der Waals surface area contributed by atoms with Crippen LogP contribution in [0.4, 0.5) is 11.4 Å². The average molecular weight is 518 g/mol. The van der Waals surface area contributed by atoms with Gasteiger partial charge in [0.05, 0.1) is 18.1 Å². The number of hydrogen-bond acceptors (Lipinski definition) is 3. The molecule has 0 fully saturated rings. The summed E-state index contributed by atoms with van der Waals surface area (Å²) in [4.78, 5) is 14.3. The second kappa shape index (κ2) is 9.77. The summed E-state index contributed by atoms with van der Waals surface area (Å²) < 4.78 is 7.09. The number of nitrogens with zero attached hydrogens (tertiary/aromatic N) is 2. The van der Waals surface area contributed by atoms with Gasteiger partial charge in [-0.25, -0.2) is 4.79 Å². The van der Waals surface area contributed by atoms with E-state index < -0.39 is 0 Å².